The number of benzene rings is 1. The van der Waals surface area contributed by atoms with Crippen LogP contribution in [0, 0.1) is 0 Å². The van der Waals surface area contributed by atoms with Gasteiger partial charge in [0, 0.05) is 17.1 Å². The summed E-state index contributed by atoms with van der Waals surface area (Å²) in [5, 5.41) is 0.528. The zero-order valence-electron chi connectivity index (χ0n) is 11.3. The lowest BCUT2D eigenvalue weighted by Crippen LogP contribution is -2.17. The Kier molecular flexibility index (Phi) is 3.69. The van der Waals surface area contributed by atoms with Gasteiger partial charge >= 0.3 is 5.97 Å². The fourth-order valence-electron chi connectivity index (χ4n) is 2.04. The Labute approximate surface area is 111 Å². The molecule has 100 valence electrons. The normalized spacial score (nSPS) is 12.4. The van der Waals surface area contributed by atoms with Crippen LogP contribution in [0.1, 0.15) is 42.1 Å². The average Bonchev–Trinajstić information content (AvgIpc) is 2.45. The molecule has 4 nitrogen and oxygen atoms in total. The van der Waals surface area contributed by atoms with E-state index in [2.05, 4.69) is 23.6 Å². The third-order valence-electron chi connectivity index (χ3n) is 3.49. The van der Waals surface area contributed by atoms with E-state index >= 15 is 0 Å². The maximum atomic E-state index is 12.3. The number of nitrogens with one attached hydrogen (secondary N) is 1. The predicted octanol–water partition coefficient (Wildman–Crippen LogP) is 2.83. The lowest BCUT2D eigenvalue weighted by atomic mass is 9.96. The van der Waals surface area contributed by atoms with Crippen LogP contribution >= 0.6 is 0 Å². The highest BCUT2D eigenvalue weighted by Crippen LogP contribution is 2.21. The van der Waals surface area contributed by atoms with Gasteiger partial charge in [0.05, 0.1) is 7.11 Å². The Morgan fingerprint density at radius 3 is 2.79 bits per heavy atom. The van der Waals surface area contributed by atoms with E-state index in [1.54, 1.807) is 0 Å². The van der Waals surface area contributed by atoms with E-state index in [1.807, 2.05) is 18.2 Å². The van der Waals surface area contributed by atoms with E-state index in [4.69, 9.17) is 0 Å². The molecule has 1 aromatic heterocycles. The summed E-state index contributed by atoms with van der Waals surface area (Å²) in [6.45, 7) is 4.21. The largest absolute Gasteiger partial charge is 0.465 e. The number of ether oxygens (including phenoxy) is 1. The standard InChI is InChI=1S/C15H17NO3/c1-4-9(2)10-5-6-13-11(7-10)14(17)12(8-16-13)15(18)19-3/h5-9H,4H2,1-3H3,(H,16,17). The number of rotatable bonds is 3. The van der Waals surface area contributed by atoms with Crippen molar-refractivity contribution in [3.05, 3.63) is 45.7 Å². The third-order valence-corrected chi connectivity index (χ3v) is 3.49. The Balaban J connectivity index is 2.66. The van der Waals surface area contributed by atoms with Crippen LogP contribution in [0.25, 0.3) is 10.9 Å². The molecule has 0 bridgehead atoms. The molecule has 0 spiro atoms. The Morgan fingerprint density at radius 1 is 1.42 bits per heavy atom. The van der Waals surface area contributed by atoms with Gasteiger partial charge in [0.1, 0.15) is 5.56 Å². The Bertz CT molecular complexity index is 673. The van der Waals surface area contributed by atoms with Crippen LogP contribution in [-0.2, 0) is 4.74 Å². The number of pyridine rings is 1. The van der Waals surface area contributed by atoms with E-state index < -0.39 is 5.97 Å². The predicted molar refractivity (Wildman–Crippen MR) is 74.6 cm³/mol. The zero-order chi connectivity index (χ0) is 14.0. The first-order valence-electron chi connectivity index (χ1n) is 6.32. The van der Waals surface area contributed by atoms with Crippen molar-refractivity contribution in [1.29, 1.82) is 0 Å². The molecule has 1 atom stereocenters. The highest BCUT2D eigenvalue weighted by Gasteiger charge is 2.14. The van der Waals surface area contributed by atoms with Crippen molar-refractivity contribution in [2.75, 3.05) is 7.11 Å². The first-order chi connectivity index (χ1) is 9.08. The molecule has 19 heavy (non-hydrogen) atoms. The van der Waals surface area contributed by atoms with Crippen molar-refractivity contribution in [1.82, 2.24) is 4.98 Å². The van der Waals surface area contributed by atoms with Crippen LogP contribution in [0.5, 0.6) is 0 Å². The van der Waals surface area contributed by atoms with Gasteiger partial charge in [-0.15, -0.1) is 0 Å². The number of carbonyl (C=O) groups excluding carboxylic acids is 1. The number of methoxy groups -OCH3 is 1. The molecule has 2 rings (SSSR count). The summed E-state index contributed by atoms with van der Waals surface area (Å²) < 4.78 is 4.61. The van der Waals surface area contributed by atoms with Gasteiger partial charge in [-0.2, -0.15) is 0 Å². The summed E-state index contributed by atoms with van der Waals surface area (Å²) in [5.74, 6) is -0.234. The molecule has 0 aliphatic heterocycles. The van der Waals surface area contributed by atoms with Crippen LogP contribution < -0.4 is 5.43 Å². The Morgan fingerprint density at radius 2 is 2.16 bits per heavy atom. The number of fused-ring (bicyclic) bond motifs is 1. The van der Waals surface area contributed by atoms with Gasteiger partial charge in [0.15, 0.2) is 0 Å². The molecule has 1 N–H and O–H groups in total. The summed E-state index contributed by atoms with van der Waals surface area (Å²) in [6.07, 6.45) is 2.40. The molecule has 0 aliphatic carbocycles. The second kappa shape index (κ2) is 5.26. The molecule has 0 radical (unpaired) electrons. The number of aromatic amines is 1. The lowest BCUT2D eigenvalue weighted by molar-refractivity contribution is 0.0599. The molecule has 0 aliphatic rings. The van der Waals surface area contributed by atoms with Gasteiger partial charge < -0.3 is 9.72 Å². The molecule has 2 aromatic rings. The zero-order valence-corrected chi connectivity index (χ0v) is 11.3. The molecule has 4 heteroatoms. The molecular weight excluding hydrogens is 242 g/mol. The summed E-state index contributed by atoms with van der Waals surface area (Å²) in [7, 11) is 1.27. The fourth-order valence-corrected chi connectivity index (χ4v) is 2.04. The lowest BCUT2D eigenvalue weighted by Gasteiger charge is -2.10. The van der Waals surface area contributed by atoms with Gasteiger partial charge in [-0.1, -0.05) is 19.9 Å². The van der Waals surface area contributed by atoms with Crippen LogP contribution in [0.3, 0.4) is 0 Å². The molecule has 1 unspecified atom stereocenters. The maximum Gasteiger partial charge on any atom is 0.343 e. The third kappa shape index (κ3) is 2.38. The van der Waals surface area contributed by atoms with Gasteiger partial charge in [-0.05, 0) is 30.0 Å². The fraction of sp³-hybridized carbons (Fsp3) is 0.333. The smallest absolute Gasteiger partial charge is 0.343 e. The Hall–Kier alpha value is -2.10. The number of H-pyrrole nitrogens is 1. The van der Waals surface area contributed by atoms with Crippen molar-refractivity contribution >= 4 is 16.9 Å². The summed E-state index contributed by atoms with van der Waals surface area (Å²) in [5.41, 5.74) is 1.58. The van der Waals surface area contributed by atoms with E-state index in [1.165, 1.54) is 13.3 Å². The number of hydrogen-bond donors (Lipinski definition) is 1. The van der Waals surface area contributed by atoms with Gasteiger partial charge in [-0.3, -0.25) is 4.79 Å². The highest BCUT2D eigenvalue weighted by atomic mass is 16.5. The minimum absolute atomic E-state index is 0.0382. The van der Waals surface area contributed by atoms with E-state index in [0.717, 1.165) is 17.5 Å². The monoisotopic (exact) mass is 259 g/mol. The van der Waals surface area contributed by atoms with Crippen LogP contribution in [0.2, 0.25) is 0 Å². The van der Waals surface area contributed by atoms with Crippen molar-refractivity contribution in [3.63, 3.8) is 0 Å². The van der Waals surface area contributed by atoms with Crippen LogP contribution in [-0.4, -0.2) is 18.1 Å². The summed E-state index contributed by atoms with van der Waals surface area (Å²) in [6, 6.07) is 5.73. The number of aromatic nitrogens is 1. The maximum absolute atomic E-state index is 12.3. The average molecular weight is 259 g/mol. The second-order valence-electron chi connectivity index (χ2n) is 4.64. The molecule has 1 heterocycles. The van der Waals surface area contributed by atoms with Gasteiger partial charge in [0.2, 0.25) is 5.43 Å². The summed E-state index contributed by atoms with van der Waals surface area (Å²) in [4.78, 5) is 26.7. The first-order valence-corrected chi connectivity index (χ1v) is 6.32. The molecular formula is C15H17NO3. The first kappa shape index (κ1) is 13.3. The minimum Gasteiger partial charge on any atom is -0.465 e. The topological polar surface area (TPSA) is 59.2 Å². The van der Waals surface area contributed by atoms with Crippen molar-refractivity contribution in [2.24, 2.45) is 0 Å². The van der Waals surface area contributed by atoms with Gasteiger partial charge in [-0.25, -0.2) is 4.79 Å². The summed E-state index contributed by atoms with van der Waals surface area (Å²) >= 11 is 0. The quantitative estimate of drug-likeness (QED) is 0.862. The minimum atomic E-state index is -0.614. The highest BCUT2D eigenvalue weighted by molar-refractivity contribution is 5.93. The number of carbonyl (C=O) groups is 1. The molecule has 1 aromatic carbocycles. The van der Waals surface area contributed by atoms with E-state index in [9.17, 15) is 9.59 Å². The van der Waals surface area contributed by atoms with Crippen LogP contribution in [0.15, 0.2) is 29.2 Å². The van der Waals surface area contributed by atoms with E-state index in [-0.39, 0.29) is 11.0 Å². The van der Waals surface area contributed by atoms with Crippen molar-refractivity contribution in [2.45, 2.75) is 26.2 Å². The van der Waals surface area contributed by atoms with E-state index in [0.29, 0.717) is 11.3 Å². The molecule has 0 saturated heterocycles. The molecule has 0 saturated carbocycles. The molecule has 0 amide bonds. The SMILES string of the molecule is CCC(C)c1ccc2[nH]cc(C(=O)OC)c(=O)c2c1. The number of hydrogen-bond acceptors (Lipinski definition) is 3. The number of esters is 1. The van der Waals surface area contributed by atoms with Crippen molar-refractivity contribution < 1.29 is 9.53 Å². The molecule has 0 fully saturated rings. The van der Waals surface area contributed by atoms with Gasteiger partial charge in [0.25, 0.3) is 0 Å². The van der Waals surface area contributed by atoms with Crippen LogP contribution in [0.4, 0.5) is 0 Å². The second-order valence-corrected chi connectivity index (χ2v) is 4.64. The van der Waals surface area contributed by atoms with Crippen molar-refractivity contribution in [3.8, 4) is 0 Å².